The molecule has 0 bridgehead atoms. The molecular formula is C39H75NO8P+. The number of esters is 2. The lowest BCUT2D eigenvalue weighted by Gasteiger charge is -2.24. The Morgan fingerprint density at radius 3 is 1.59 bits per heavy atom. The Bertz CT molecular complexity index is 902. The van der Waals surface area contributed by atoms with Crippen LogP contribution in [0.4, 0.5) is 0 Å². The number of hydrogen-bond acceptors (Lipinski definition) is 7. The lowest BCUT2D eigenvalue weighted by atomic mass is 10.1. The SMILES string of the molecule is CCCCCC/C=C/C=C/CCCCCCCC(=O)O[C@H](COC(=O)CCCCCCCCCCCC)COP(=O)(O)OCC[N+](C)(C)C. The van der Waals surface area contributed by atoms with Crippen molar-refractivity contribution < 1.29 is 42.1 Å². The highest BCUT2D eigenvalue weighted by molar-refractivity contribution is 7.47. The van der Waals surface area contributed by atoms with Crippen molar-refractivity contribution in [2.45, 2.75) is 168 Å². The maximum absolute atomic E-state index is 12.6. The molecule has 2 atom stereocenters. The minimum Gasteiger partial charge on any atom is -0.462 e. The molecule has 0 radical (unpaired) electrons. The maximum atomic E-state index is 12.6. The highest BCUT2D eigenvalue weighted by Crippen LogP contribution is 2.43. The molecule has 49 heavy (non-hydrogen) atoms. The van der Waals surface area contributed by atoms with Gasteiger partial charge < -0.3 is 18.9 Å². The highest BCUT2D eigenvalue weighted by atomic mass is 31.2. The fraction of sp³-hybridized carbons (Fsp3) is 0.846. The van der Waals surface area contributed by atoms with Crippen molar-refractivity contribution in [2.24, 2.45) is 0 Å². The lowest BCUT2D eigenvalue weighted by Crippen LogP contribution is -2.37. The number of allylic oxidation sites excluding steroid dienone is 4. The van der Waals surface area contributed by atoms with Gasteiger partial charge in [-0.05, 0) is 38.5 Å². The van der Waals surface area contributed by atoms with Gasteiger partial charge in [0.25, 0.3) is 0 Å². The number of carbonyl (C=O) groups excluding carboxylic acids is 2. The number of rotatable bonds is 35. The molecule has 0 amide bonds. The van der Waals surface area contributed by atoms with Gasteiger partial charge in [-0.15, -0.1) is 0 Å². The minimum absolute atomic E-state index is 0.0299. The van der Waals surface area contributed by atoms with Crippen LogP contribution in [-0.4, -0.2) is 74.9 Å². The van der Waals surface area contributed by atoms with E-state index in [2.05, 4.69) is 38.2 Å². The summed E-state index contributed by atoms with van der Waals surface area (Å²) in [4.78, 5) is 35.1. The number of phosphoric acid groups is 1. The van der Waals surface area contributed by atoms with Crippen LogP contribution in [0.25, 0.3) is 0 Å². The summed E-state index contributed by atoms with van der Waals surface area (Å²) in [5, 5.41) is 0. The smallest absolute Gasteiger partial charge is 0.462 e. The summed E-state index contributed by atoms with van der Waals surface area (Å²) in [6.07, 6.45) is 32.2. The van der Waals surface area contributed by atoms with Crippen molar-refractivity contribution in [3.05, 3.63) is 24.3 Å². The van der Waals surface area contributed by atoms with E-state index in [1.165, 1.54) is 70.6 Å². The zero-order valence-electron chi connectivity index (χ0n) is 32.2. The van der Waals surface area contributed by atoms with E-state index in [0.717, 1.165) is 57.8 Å². The standard InChI is InChI=1S/C39H74NO8P/c1-6-8-10-12-14-16-18-19-20-21-22-24-26-28-30-32-39(42)48-37(36-47-49(43,44)46-34-33-40(3,4)5)35-45-38(41)31-29-27-25-23-17-15-13-11-9-7-2/h16,18-20,37H,6-15,17,21-36H2,1-5H3/p+1/b18-16+,20-19+/t37-/m1/s1. The molecule has 0 aliphatic rings. The summed E-state index contributed by atoms with van der Waals surface area (Å²) in [6.45, 7) is 4.36. The summed E-state index contributed by atoms with van der Waals surface area (Å²) in [6, 6.07) is 0. The number of hydrogen-bond donors (Lipinski definition) is 1. The molecule has 9 nitrogen and oxygen atoms in total. The van der Waals surface area contributed by atoms with Gasteiger partial charge in [0.05, 0.1) is 27.7 Å². The molecule has 0 spiro atoms. The highest BCUT2D eigenvalue weighted by Gasteiger charge is 2.27. The molecule has 0 rings (SSSR count). The van der Waals surface area contributed by atoms with Gasteiger partial charge in [0.2, 0.25) is 0 Å². The number of unbranched alkanes of at least 4 members (excludes halogenated alkanes) is 18. The van der Waals surface area contributed by atoms with E-state index in [4.69, 9.17) is 18.5 Å². The number of quaternary nitrogens is 1. The molecule has 0 aliphatic carbocycles. The van der Waals surface area contributed by atoms with Crippen LogP contribution in [0.3, 0.4) is 0 Å². The normalized spacial score (nSPS) is 14.0. The Labute approximate surface area is 300 Å². The first-order chi connectivity index (χ1) is 23.5. The van der Waals surface area contributed by atoms with Crippen LogP contribution in [-0.2, 0) is 32.7 Å². The molecule has 0 heterocycles. The van der Waals surface area contributed by atoms with Crippen molar-refractivity contribution in [1.82, 2.24) is 0 Å². The molecule has 1 N–H and O–H groups in total. The van der Waals surface area contributed by atoms with E-state index in [1.807, 2.05) is 21.1 Å². The Hall–Kier alpha value is -1.51. The number of nitrogens with zero attached hydrogens (tertiary/aromatic N) is 1. The molecule has 0 saturated heterocycles. The van der Waals surface area contributed by atoms with Gasteiger partial charge in [0, 0.05) is 12.8 Å². The molecule has 0 aromatic carbocycles. The summed E-state index contributed by atoms with van der Waals surface area (Å²) in [7, 11) is 1.47. The van der Waals surface area contributed by atoms with E-state index < -0.39 is 26.5 Å². The van der Waals surface area contributed by atoms with E-state index in [0.29, 0.717) is 17.4 Å². The molecular weight excluding hydrogens is 641 g/mol. The minimum atomic E-state index is -4.37. The molecule has 288 valence electrons. The van der Waals surface area contributed by atoms with Crippen LogP contribution in [0.1, 0.15) is 162 Å². The number of carbonyl (C=O) groups is 2. The van der Waals surface area contributed by atoms with E-state index in [-0.39, 0.29) is 32.0 Å². The third-order valence-electron chi connectivity index (χ3n) is 8.26. The first-order valence-corrected chi connectivity index (χ1v) is 21.1. The number of ether oxygens (including phenoxy) is 2. The summed E-state index contributed by atoms with van der Waals surface area (Å²) in [5.41, 5.74) is 0. The third-order valence-corrected chi connectivity index (χ3v) is 9.25. The predicted octanol–water partition coefficient (Wildman–Crippen LogP) is 10.4. The summed E-state index contributed by atoms with van der Waals surface area (Å²) >= 11 is 0. The van der Waals surface area contributed by atoms with E-state index in [9.17, 15) is 19.0 Å². The summed E-state index contributed by atoms with van der Waals surface area (Å²) < 4.78 is 34.1. The molecule has 1 unspecified atom stereocenters. The zero-order valence-corrected chi connectivity index (χ0v) is 33.1. The van der Waals surface area contributed by atoms with Gasteiger partial charge in [-0.25, -0.2) is 4.57 Å². The molecule has 0 aromatic heterocycles. The molecule has 0 fully saturated rings. The first-order valence-electron chi connectivity index (χ1n) is 19.6. The largest absolute Gasteiger partial charge is 0.472 e. The monoisotopic (exact) mass is 717 g/mol. The zero-order chi connectivity index (χ0) is 36.5. The van der Waals surface area contributed by atoms with Crippen LogP contribution in [0, 0.1) is 0 Å². The van der Waals surface area contributed by atoms with Gasteiger partial charge in [0.15, 0.2) is 6.10 Å². The second-order valence-electron chi connectivity index (χ2n) is 14.4. The Morgan fingerprint density at radius 1 is 0.633 bits per heavy atom. The molecule has 10 heteroatoms. The Balaban J connectivity index is 4.45. The quantitative estimate of drug-likeness (QED) is 0.0227. The Kier molecular flexibility index (Phi) is 31.4. The van der Waals surface area contributed by atoms with E-state index >= 15 is 0 Å². The average molecular weight is 717 g/mol. The maximum Gasteiger partial charge on any atom is 0.472 e. The van der Waals surface area contributed by atoms with Crippen molar-refractivity contribution in [3.63, 3.8) is 0 Å². The topological polar surface area (TPSA) is 108 Å². The van der Waals surface area contributed by atoms with Crippen molar-refractivity contribution in [1.29, 1.82) is 0 Å². The number of likely N-dealkylation sites (N-methyl/N-ethyl adjacent to an activating group) is 1. The second kappa shape index (κ2) is 32.4. The van der Waals surface area contributed by atoms with Crippen molar-refractivity contribution in [2.75, 3.05) is 47.5 Å². The molecule has 0 saturated carbocycles. The number of phosphoric ester groups is 1. The van der Waals surface area contributed by atoms with Crippen molar-refractivity contribution in [3.8, 4) is 0 Å². The van der Waals surface area contributed by atoms with Gasteiger partial charge in [-0.3, -0.25) is 18.6 Å². The van der Waals surface area contributed by atoms with Crippen LogP contribution in [0.2, 0.25) is 0 Å². The van der Waals surface area contributed by atoms with Gasteiger partial charge in [-0.2, -0.15) is 0 Å². The fourth-order valence-electron chi connectivity index (χ4n) is 5.12. The lowest BCUT2D eigenvalue weighted by molar-refractivity contribution is -0.870. The third kappa shape index (κ3) is 36.1. The first kappa shape index (κ1) is 47.5. The van der Waals surface area contributed by atoms with Gasteiger partial charge in [-0.1, -0.05) is 134 Å². The fourth-order valence-corrected chi connectivity index (χ4v) is 5.86. The second-order valence-corrected chi connectivity index (χ2v) is 15.8. The molecule has 0 aromatic rings. The van der Waals surface area contributed by atoms with Crippen LogP contribution in [0.15, 0.2) is 24.3 Å². The van der Waals surface area contributed by atoms with Gasteiger partial charge in [0.1, 0.15) is 19.8 Å². The Morgan fingerprint density at radius 2 is 1.08 bits per heavy atom. The van der Waals surface area contributed by atoms with E-state index in [1.54, 1.807) is 0 Å². The van der Waals surface area contributed by atoms with Crippen LogP contribution in [0.5, 0.6) is 0 Å². The van der Waals surface area contributed by atoms with Gasteiger partial charge >= 0.3 is 19.8 Å². The predicted molar refractivity (Wildman–Crippen MR) is 201 cm³/mol. The van der Waals surface area contributed by atoms with Crippen molar-refractivity contribution >= 4 is 19.8 Å². The molecule has 0 aliphatic heterocycles. The summed E-state index contributed by atoms with van der Waals surface area (Å²) in [5.74, 6) is -0.817. The average Bonchev–Trinajstić information content (AvgIpc) is 3.04. The van der Waals surface area contributed by atoms with Crippen LogP contribution < -0.4 is 0 Å². The van der Waals surface area contributed by atoms with Crippen LogP contribution >= 0.6 is 7.82 Å².